The van der Waals surface area contributed by atoms with Crippen molar-refractivity contribution in [1.82, 2.24) is 24.9 Å². The third-order valence-electron chi connectivity index (χ3n) is 6.14. The molecule has 1 aliphatic rings. The van der Waals surface area contributed by atoms with Crippen molar-refractivity contribution in [2.45, 2.75) is 43.9 Å². The van der Waals surface area contributed by atoms with Crippen LogP contribution in [0, 0.1) is 11.3 Å². The molecule has 2 N–H and O–H groups in total. The number of nitrogens with one attached hydrogen (secondary N) is 2. The first-order valence-corrected chi connectivity index (χ1v) is 15.4. The predicted octanol–water partition coefficient (Wildman–Crippen LogP) is 3.63. The predicted molar refractivity (Wildman–Crippen MR) is 147 cm³/mol. The first kappa shape index (κ1) is 27.7. The van der Waals surface area contributed by atoms with E-state index in [1.807, 2.05) is 25.7 Å². The Morgan fingerprint density at radius 1 is 1.24 bits per heavy atom. The zero-order chi connectivity index (χ0) is 27.2. The summed E-state index contributed by atoms with van der Waals surface area (Å²) in [5, 5.41) is 18.2. The van der Waals surface area contributed by atoms with Gasteiger partial charge in [0.1, 0.15) is 15.9 Å². The van der Waals surface area contributed by atoms with Gasteiger partial charge >= 0.3 is 0 Å². The summed E-state index contributed by atoms with van der Waals surface area (Å²) in [6.07, 6.45) is 1.98. The molecule has 3 aromatic rings. The summed E-state index contributed by atoms with van der Waals surface area (Å²) in [6, 6.07) is 7.29. The number of rotatable bonds is 6. The number of halogens is 2. The number of nitrogens with zero attached hydrogens (tertiary/aromatic N) is 5. The maximum absolute atomic E-state index is 12.9. The van der Waals surface area contributed by atoms with Gasteiger partial charge in [-0.25, -0.2) is 22.3 Å². The SMILES string of the molecule is CC(C)(C)S(=O)NC1(CS(C)(=O)=O)CCN(c2nc(C#N)c3c(-c4cccc(Cl)c4Cl)[nH]nc3n2)CC1. The van der Waals surface area contributed by atoms with Gasteiger partial charge in [0, 0.05) is 30.4 Å². The number of piperidine rings is 1. The highest BCUT2D eigenvalue weighted by Gasteiger charge is 2.41. The molecule has 37 heavy (non-hydrogen) atoms. The fourth-order valence-electron chi connectivity index (χ4n) is 4.29. The van der Waals surface area contributed by atoms with E-state index < -0.39 is 31.1 Å². The second-order valence-electron chi connectivity index (χ2n) is 10.2. The van der Waals surface area contributed by atoms with Crippen molar-refractivity contribution in [2.24, 2.45) is 0 Å². The summed E-state index contributed by atoms with van der Waals surface area (Å²) in [5.41, 5.74) is 0.635. The number of fused-ring (bicyclic) bond motifs is 1. The normalized spacial score (nSPS) is 17.1. The molecule has 1 saturated heterocycles. The number of sulfone groups is 1. The van der Waals surface area contributed by atoms with E-state index >= 15 is 0 Å². The zero-order valence-corrected chi connectivity index (χ0v) is 23.9. The van der Waals surface area contributed by atoms with Crippen LogP contribution < -0.4 is 9.62 Å². The summed E-state index contributed by atoms with van der Waals surface area (Å²) < 4.78 is 39.9. The fourth-order valence-corrected chi connectivity index (χ4v) is 7.12. The van der Waals surface area contributed by atoms with Crippen LogP contribution in [-0.2, 0) is 20.8 Å². The summed E-state index contributed by atoms with van der Waals surface area (Å²) in [5.74, 6) is 0.173. The monoisotopic (exact) mass is 583 g/mol. The first-order valence-electron chi connectivity index (χ1n) is 11.5. The Bertz CT molecular complexity index is 1520. The van der Waals surface area contributed by atoms with E-state index in [2.05, 4.69) is 31.0 Å². The molecule has 0 aliphatic carbocycles. The minimum atomic E-state index is -3.35. The van der Waals surface area contributed by atoms with Gasteiger partial charge in [-0.2, -0.15) is 15.3 Å². The van der Waals surface area contributed by atoms with Gasteiger partial charge in [0.25, 0.3) is 0 Å². The third-order valence-corrected chi connectivity index (χ3v) is 9.76. The molecule has 1 aromatic carbocycles. The van der Waals surface area contributed by atoms with Crippen molar-refractivity contribution >= 4 is 61.0 Å². The van der Waals surface area contributed by atoms with Crippen LogP contribution in [0.1, 0.15) is 39.3 Å². The van der Waals surface area contributed by atoms with Crippen molar-refractivity contribution in [1.29, 1.82) is 5.26 Å². The Kier molecular flexibility index (Phi) is 7.58. The van der Waals surface area contributed by atoms with E-state index in [4.69, 9.17) is 23.2 Å². The molecular weight excluding hydrogens is 557 g/mol. The van der Waals surface area contributed by atoms with Crippen LogP contribution in [-0.4, -0.2) is 68.2 Å². The molecule has 3 heterocycles. The highest BCUT2D eigenvalue weighted by Crippen LogP contribution is 2.37. The van der Waals surface area contributed by atoms with Crippen LogP contribution in [0.25, 0.3) is 22.3 Å². The van der Waals surface area contributed by atoms with Crippen molar-refractivity contribution < 1.29 is 12.6 Å². The van der Waals surface area contributed by atoms with Crippen molar-refractivity contribution in [3.63, 3.8) is 0 Å². The van der Waals surface area contributed by atoms with Crippen molar-refractivity contribution in [3.05, 3.63) is 33.9 Å². The van der Waals surface area contributed by atoms with Gasteiger partial charge in [-0.05, 0) is 39.7 Å². The van der Waals surface area contributed by atoms with Gasteiger partial charge in [0.2, 0.25) is 5.95 Å². The molecule has 0 radical (unpaired) electrons. The van der Waals surface area contributed by atoms with E-state index in [1.165, 1.54) is 6.26 Å². The molecule has 1 aliphatic heterocycles. The van der Waals surface area contributed by atoms with Gasteiger partial charge in [-0.1, -0.05) is 35.3 Å². The van der Waals surface area contributed by atoms with Crippen LogP contribution in [0.15, 0.2) is 18.2 Å². The topological polar surface area (TPSA) is 145 Å². The van der Waals surface area contributed by atoms with Gasteiger partial charge < -0.3 is 4.90 Å². The Labute approximate surface area is 228 Å². The van der Waals surface area contributed by atoms with E-state index in [-0.39, 0.29) is 11.4 Å². The molecular formula is C23H27Cl2N7O3S2. The second-order valence-corrected chi connectivity index (χ2v) is 15.1. The lowest BCUT2D eigenvalue weighted by Crippen LogP contribution is -2.59. The summed E-state index contributed by atoms with van der Waals surface area (Å²) in [4.78, 5) is 10.9. The fraction of sp³-hybridized carbons (Fsp3) is 0.478. The Hall–Kier alpha value is -2.30. The molecule has 1 unspecified atom stereocenters. The minimum Gasteiger partial charge on any atom is -0.341 e. The highest BCUT2D eigenvalue weighted by molar-refractivity contribution is 7.90. The Balaban J connectivity index is 1.65. The molecule has 1 fully saturated rings. The lowest BCUT2D eigenvalue weighted by Gasteiger charge is -2.42. The zero-order valence-electron chi connectivity index (χ0n) is 20.8. The second kappa shape index (κ2) is 10.1. The maximum atomic E-state index is 12.9. The molecule has 0 saturated carbocycles. The average molecular weight is 585 g/mol. The number of aromatic amines is 1. The lowest BCUT2D eigenvalue weighted by atomic mass is 9.91. The lowest BCUT2D eigenvalue weighted by molar-refractivity contribution is 0.333. The minimum absolute atomic E-state index is 0.125. The summed E-state index contributed by atoms with van der Waals surface area (Å²) in [7, 11) is -4.80. The smallest absolute Gasteiger partial charge is 0.228 e. The largest absolute Gasteiger partial charge is 0.341 e. The van der Waals surface area contributed by atoms with Gasteiger partial charge in [0.15, 0.2) is 11.3 Å². The van der Waals surface area contributed by atoms with Crippen molar-refractivity contribution in [2.75, 3.05) is 30.0 Å². The molecule has 198 valence electrons. The van der Waals surface area contributed by atoms with E-state index in [0.29, 0.717) is 64.2 Å². The molecule has 2 aromatic heterocycles. The molecule has 10 nitrogen and oxygen atoms in total. The summed E-state index contributed by atoms with van der Waals surface area (Å²) in [6.45, 7) is 6.30. The third kappa shape index (κ3) is 5.91. The van der Waals surface area contributed by atoms with Gasteiger partial charge in [-0.3, -0.25) is 5.10 Å². The number of anilines is 1. The van der Waals surface area contributed by atoms with Crippen LogP contribution in [0.3, 0.4) is 0 Å². The van der Waals surface area contributed by atoms with E-state index in [9.17, 15) is 17.9 Å². The number of nitriles is 1. The molecule has 14 heteroatoms. The summed E-state index contributed by atoms with van der Waals surface area (Å²) >= 11 is 12.6. The number of aromatic nitrogens is 4. The molecule has 0 amide bonds. The highest BCUT2D eigenvalue weighted by atomic mass is 35.5. The van der Waals surface area contributed by atoms with Crippen LogP contribution >= 0.6 is 23.2 Å². The van der Waals surface area contributed by atoms with E-state index in [0.717, 1.165) is 0 Å². The van der Waals surface area contributed by atoms with Gasteiger partial charge in [-0.15, -0.1) is 0 Å². The van der Waals surface area contributed by atoms with E-state index in [1.54, 1.807) is 18.2 Å². The number of hydrogen-bond donors (Lipinski definition) is 2. The van der Waals surface area contributed by atoms with Crippen LogP contribution in [0.2, 0.25) is 10.0 Å². The number of benzene rings is 1. The Morgan fingerprint density at radius 3 is 2.51 bits per heavy atom. The average Bonchev–Trinajstić information content (AvgIpc) is 3.23. The Morgan fingerprint density at radius 2 is 1.92 bits per heavy atom. The molecule has 4 rings (SSSR count). The standard InChI is InChI=1S/C23H27Cl2N7O3S2/c1-22(2,3)36(33)31-23(13-37(4,34)35)8-10-32(11-9-23)21-27-16(12-26)17-19(29-30-20(17)28-21)14-6-5-7-15(24)18(14)25/h5-7,31H,8-11,13H2,1-4H3,(H,27,28,29,30). The number of hydrogen-bond acceptors (Lipinski definition) is 8. The van der Waals surface area contributed by atoms with Crippen molar-refractivity contribution in [3.8, 4) is 17.3 Å². The first-order chi connectivity index (χ1) is 17.2. The maximum Gasteiger partial charge on any atom is 0.228 e. The van der Waals surface area contributed by atoms with Crippen LogP contribution in [0.4, 0.5) is 5.95 Å². The molecule has 1 atom stereocenters. The molecule has 0 bridgehead atoms. The van der Waals surface area contributed by atoms with Gasteiger partial charge in [0.05, 0.1) is 42.6 Å². The quantitative estimate of drug-likeness (QED) is 0.447. The number of H-pyrrole nitrogens is 1. The van der Waals surface area contributed by atoms with Crippen LogP contribution in [0.5, 0.6) is 0 Å². The molecule has 0 spiro atoms.